The molecule has 2 N–H and O–H groups in total. The number of hydrogen-bond acceptors (Lipinski definition) is 2. The predicted octanol–water partition coefficient (Wildman–Crippen LogP) is 0.479. The Morgan fingerprint density at radius 1 is 2.00 bits per heavy atom. The summed E-state index contributed by atoms with van der Waals surface area (Å²) in [6, 6.07) is -0.458. The maximum Gasteiger partial charge on any atom is 0.140 e. The van der Waals surface area contributed by atoms with E-state index in [1.165, 1.54) is 0 Å². The van der Waals surface area contributed by atoms with E-state index < -0.39 is 6.04 Å². The van der Waals surface area contributed by atoms with Gasteiger partial charge >= 0.3 is 0 Å². The Morgan fingerprint density at radius 2 is 2.50 bits per heavy atom. The smallest absolute Gasteiger partial charge is 0.140 e. The fraction of sp³-hybridized carbons (Fsp3) is 0.500. The summed E-state index contributed by atoms with van der Waals surface area (Å²) in [7, 11) is 0. The molecule has 8 heavy (non-hydrogen) atoms. The summed E-state index contributed by atoms with van der Waals surface area (Å²) in [5.74, 6) is 0. The van der Waals surface area contributed by atoms with Crippen LogP contribution in [0.3, 0.4) is 0 Å². The molecule has 46 valence electrons. The molecule has 1 atom stereocenters. The minimum Gasteiger partial charge on any atom is -0.318 e. The van der Waals surface area contributed by atoms with Crippen LogP contribution in [0, 0.1) is 0 Å². The molecule has 0 amide bonds. The van der Waals surface area contributed by atoms with E-state index in [4.69, 9.17) is 5.73 Å². The van der Waals surface area contributed by atoms with Crippen molar-refractivity contribution in [2.45, 2.75) is 19.4 Å². The van der Waals surface area contributed by atoms with E-state index in [2.05, 4.69) is 6.58 Å². The van der Waals surface area contributed by atoms with E-state index in [9.17, 15) is 4.79 Å². The standard InChI is InChI=1S/C6H11NO/c1-3-5(2)6(7)4-8/h4,6H,2-3,7H2,1H3/t6-/m1/s1. The van der Waals surface area contributed by atoms with Crippen LogP contribution in [0.2, 0.25) is 0 Å². The number of carbonyl (C=O) groups is 1. The van der Waals surface area contributed by atoms with Gasteiger partial charge < -0.3 is 10.5 Å². The average Bonchev–Trinajstić information content (AvgIpc) is 1.84. The summed E-state index contributed by atoms with van der Waals surface area (Å²) >= 11 is 0. The van der Waals surface area contributed by atoms with Crippen molar-refractivity contribution in [2.24, 2.45) is 5.73 Å². The lowest BCUT2D eigenvalue weighted by molar-refractivity contribution is -0.108. The highest BCUT2D eigenvalue weighted by Crippen LogP contribution is 1.97. The molecule has 0 aromatic carbocycles. The van der Waals surface area contributed by atoms with Crippen molar-refractivity contribution >= 4 is 6.29 Å². The monoisotopic (exact) mass is 113 g/mol. The van der Waals surface area contributed by atoms with E-state index in [0.717, 1.165) is 12.0 Å². The molecule has 0 saturated heterocycles. The highest BCUT2D eigenvalue weighted by Gasteiger charge is 2.00. The number of aldehydes is 1. The van der Waals surface area contributed by atoms with Gasteiger partial charge in [0, 0.05) is 0 Å². The van der Waals surface area contributed by atoms with Crippen LogP contribution in [0.1, 0.15) is 13.3 Å². The van der Waals surface area contributed by atoms with Crippen molar-refractivity contribution in [2.75, 3.05) is 0 Å². The van der Waals surface area contributed by atoms with E-state index in [1.54, 1.807) is 0 Å². The van der Waals surface area contributed by atoms with Gasteiger partial charge in [0.15, 0.2) is 0 Å². The van der Waals surface area contributed by atoms with E-state index in [1.807, 2.05) is 6.92 Å². The Balaban J connectivity index is 3.62. The molecule has 0 bridgehead atoms. The van der Waals surface area contributed by atoms with E-state index >= 15 is 0 Å². The predicted molar refractivity (Wildman–Crippen MR) is 33.5 cm³/mol. The molecule has 2 heteroatoms. The molecule has 0 fully saturated rings. The zero-order chi connectivity index (χ0) is 6.57. The van der Waals surface area contributed by atoms with Gasteiger partial charge in [0.05, 0.1) is 6.04 Å². The van der Waals surface area contributed by atoms with Gasteiger partial charge in [-0.25, -0.2) is 0 Å². The summed E-state index contributed by atoms with van der Waals surface area (Å²) in [4.78, 5) is 9.92. The zero-order valence-electron chi connectivity index (χ0n) is 5.05. The molecule has 0 spiro atoms. The van der Waals surface area contributed by atoms with Crippen molar-refractivity contribution < 1.29 is 4.79 Å². The van der Waals surface area contributed by atoms with Crippen LogP contribution in [0.25, 0.3) is 0 Å². The molecule has 0 aliphatic carbocycles. The Labute approximate surface area is 49.4 Å². The lowest BCUT2D eigenvalue weighted by atomic mass is 10.1. The second kappa shape index (κ2) is 3.38. The molecule has 0 rings (SSSR count). The summed E-state index contributed by atoms with van der Waals surface area (Å²) in [6.07, 6.45) is 1.48. The van der Waals surface area contributed by atoms with Gasteiger partial charge in [-0.05, 0) is 6.42 Å². The Bertz CT molecular complexity index is 98.7. The molecular formula is C6H11NO. The van der Waals surface area contributed by atoms with Crippen molar-refractivity contribution in [1.29, 1.82) is 0 Å². The van der Waals surface area contributed by atoms with Crippen LogP contribution in [0.4, 0.5) is 0 Å². The molecule has 0 saturated carbocycles. The Kier molecular flexibility index (Phi) is 3.12. The lowest BCUT2D eigenvalue weighted by Crippen LogP contribution is -2.22. The first-order chi connectivity index (χ1) is 3.72. The van der Waals surface area contributed by atoms with Gasteiger partial charge in [-0.3, -0.25) is 0 Å². The first-order valence-corrected chi connectivity index (χ1v) is 2.61. The number of rotatable bonds is 3. The lowest BCUT2D eigenvalue weighted by Gasteiger charge is -2.02. The summed E-state index contributed by atoms with van der Waals surface area (Å²) in [5.41, 5.74) is 6.05. The second-order valence-electron chi connectivity index (χ2n) is 1.67. The normalized spacial score (nSPS) is 12.8. The van der Waals surface area contributed by atoms with Crippen molar-refractivity contribution in [3.63, 3.8) is 0 Å². The molecule has 0 aliphatic heterocycles. The average molecular weight is 113 g/mol. The molecule has 0 aliphatic rings. The zero-order valence-corrected chi connectivity index (χ0v) is 5.05. The van der Waals surface area contributed by atoms with Crippen molar-refractivity contribution in [1.82, 2.24) is 0 Å². The maximum absolute atomic E-state index is 9.92. The second-order valence-corrected chi connectivity index (χ2v) is 1.67. The van der Waals surface area contributed by atoms with E-state index in [-0.39, 0.29) is 0 Å². The molecule has 0 heterocycles. The SMILES string of the molecule is C=C(CC)[C@H](N)C=O. The van der Waals surface area contributed by atoms with Crippen LogP contribution in [-0.4, -0.2) is 12.3 Å². The molecule has 0 aromatic heterocycles. The first-order valence-electron chi connectivity index (χ1n) is 2.61. The number of nitrogens with two attached hydrogens (primary N) is 1. The van der Waals surface area contributed by atoms with Gasteiger partial charge in [-0.2, -0.15) is 0 Å². The highest BCUT2D eigenvalue weighted by atomic mass is 16.1. The fourth-order valence-electron chi connectivity index (χ4n) is 0.332. The van der Waals surface area contributed by atoms with Crippen LogP contribution < -0.4 is 5.73 Å². The quantitative estimate of drug-likeness (QED) is 0.427. The molecule has 0 aromatic rings. The number of carbonyl (C=O) groups excluding carboxylic acids is 1. The highest BCUT2D eigenvalue weighted by molar-refractivity contribution is 5.62. The van der Waals surface area contributed by atoms with Gasteiger partial charge in [-0.15, -0.1) is 0 Å². The van der Waals surface area contributed by atoms with Crippen LogP contribution in [0.5, 0.6) is 0 Å². The third-order valence-corrected chi connectivity index (χ3v) is 1.07. The van der Waals surface area contributed by atoms with Gasteiger partial charge in [0.1, 0.15) is 6.29 Å². The molecule has 0 unspecified atom stereocenters. The largest absolute Gasteiger partial charge is 0.318 e. The van der Waals surface area contributed by atoms with Gasteiger partial charge in [0.2, 0.25) is 0 Å². The third-order valence-electron chi connectivity index (χ3n) is 1.07. The minimum atomic E-state index is -0.458. The Hall–Kier alpha value is -0.630. The summed E-state index contributed by atoms with van der Waals surface area (Å²) < 4.78 is 0. The van der Waals surface area contributed by atoms with Crippen LogP contribution >= 0.6 is 0 Å². The van der Waals surface area contributed by atoms with Crippen molar-refractivity contribution in [3.8, 4) is 0 Å². The minimum absolute atomic E-state index is 0.458. The van der Waals surface area contributed by atoms with Crippen LogP contribution in [-0.2, 0) is 4.79 Å². The van der Waals surface area contributed by atoms with Gasteiger partial charge in [0.25, 0.3) is 0 Å². The topological polar surface area (TPSA) is 43.1 Å². The van der Waals surface area contributed by atoms with Gasteiger partial charge in [-0.1, -0.05) is 19.1 Å². The maximum atomic E-state index is 9.92. The van der Waals surface area contributed by atoms with E-state index in [0.29, 0.717) is 6.29 Å². The first kappa shape index (κ1) is 7.37. The third kappa shape index (κ3) is 1.89. The van der Waals surface area contributed by atoms with Crippen LogP contribution in [0.15, 0.2) is 12.2 Å². The molecular weight excluding hydrogens is 102 g/mol. The molecule has 2 nitrogen and oxygen atoms in total. The fourth-order valence-corrected chi connectivity index (χ4v) is 0.332. The molecule has 0 radical (unpaired) electrons. The summed E-state index contributed by atoms with van der Waals surface area (Å²) in [6.45, 7) is 5.51. The van der Waals surface area contributed by atoms with Crippen molar-refractivity contribution in [3.05, 3.63) is 12.2 Å². The Morgan fingerprint density at radius 3 is 2.62 bits per heavy atom. The summed E-state index contributed by atoms with van der Waals surface area (Å²) in [5, 5.41) is 0. The number of hydrogen-bond donors (Lipinski definition) is 1.